The van der Waals surface area contributed by atoms with E-state index in [-0.39, 0.29) is 0 Å². The van der Waals surface area contributed by atoms with E-state index >= 15 is 0 Å². The van der Waals surface area contributed by atoms with Crippen LogP contribution in [0.15, 0.2) is 78.9 Å². The molecule has 4 nitrogen and oxygen atoms in total. The topological polar surface area (TPSA) is 30.3 Å². The maximum Gasteiger partial charge on any atom is 0.387 e. The molecule has 0 aliphatic carbocycles. The fourth-order valence-corrected chi connectivity index (χ4v) is 4.74. The first-order valence-electron chi connectivity index (χ1n) is 13.7. The van der Waals surface area contributed by atoms with E-state index in [0.717, 1.165) is 67.1 Å². The van der Waals surface area contributed by atoms with Crippen molar-refractivity contribution in [1.29, 1.82) is 0 Å². The van der Waals surface area contributed by atoms with Crippen molar-refractivity contribution in [3.63, 3.8) is 0 Å². The molecule has 3 aromatic carbocycles. The Morgan fingerprint density at radius 1 is 0.846 bits per heavy atom. The molecule has 0 saturated carbocycles. The molecular weight excluding hydrogens is 499 g/mol. The molecule has 4 rings (SSSR count). The van der Waals surface area contributed by atoms with Gasteiger partial charge in [-0.3, -0.25) is 4.90 Å². The number of ether oxygens (including phenoxy) is 1. The number of benzene rings is 3. The zero-order valence-electron chi connectivity index (χ0n) is 22.6. The highest BCUT2D eigenvalue weighted by Crippen LogP contribution is 2.32. The predicted molar refractivity (Wildman–Crippen MR) is 150 cm³/mol. The standard InChI is InChI=1S/C32H36F3N3O/c1-3-5-19-37(22-24-17-18-29(27(33)21-24)39-32(34)35)23-28-30(25-13-9-7-10-14-25)36-31(38(28)20-6-4-2)26-15-11-8-12-16-26/h7-18,21,32H,3-6,19-20,22-23H2,1-2H3. The summed E-state index contributed by atoms with van der Waals surface area (Å²) in [6.07, 6.45) is 4.06. The molecule has 7 heteroatoms. The fourth-order valence-electron chi connectivity index (χ4n) is 4.74. The summed E-state index contributed by atoms with van der Waals surface area (Å²) in [6.45, 7) is 3.99. The Morgan fingerprint density at radius 2 is 1.51 bits per heavy atom. The van der Waals surface area contributed by atoms with Gasteiger partial charge in [-0.1, -0.05) is 93.4 Å². The Kier molecular flexibility index (Phi) is 10.2. The van der Waals surface area contributed by atoms with Crippen LogP contribution >= 0.6 is 0 Å². The van der Waals surface area contributed by atoms with E-state index in [1.807, 2.05) is 36.4 Å². The van der Waals surface area contributed by atoms with Crippen LogP contribution in [-0.4, -0.2) is 27.6 Å². The minimum absolute atomic E-state index is 0.439. The van der Waals surface area contributed by atoms with Crippen molar-refractivity contribution in [3.05, 3.63) is 95.9 Å². The van der Waals surface area contributed by atoms with Crippen LogP contribution in [-0.2, 0) is 19.6 Å². The average Bonchev–Trinajstić information content (AvgIpc) is 3.30. The average molecular weight is 536 g/mol. The molecule has 0 atom stereocenters. The maximum absolute atomic E-state index is 14.5. The van der Waals surface area contributed by atoms with E-state index in [0.29, 0.717) is 18.7 Å². The van der Waals surface area contributed by atoms with Crippen LogP contribution < -0.4 is 4.74 Å². The number of hydrogen-bond donors (Lipinski definition) is 0. The molecule has 0 N–H and O–H groups in total. The van der Waals surface area contributed by atoms with Crippen molar-refractivity contribution >= 4 is 0 Å². The second-order valence-corrected chi connectivity index (χ2v) is 9.68. The lowest BCUT2D eigenvalue weighted by molar-refractivity contribution is -0.0522. The largest absolute Gasteiger partial charge is 0.432 e. The molecule has 206 valence electrons. The molecule has 1 heterocycles. The minimum Gasteiger partial charge on any atom is -0.432 e. The van der Waals surface area contributed by atoms with Crippen molar-refractivity contribution < 1.29 is 17.9 Å². The highest BCUT2D eigenvalue weighted by atomic mass is 19.3. The van der Waals surface area contributed by atoms with E-state index in [1.54, 1.807) is 6.07 Å². The van der Waals surface area contributed by atoms with Crippen molar-refractivity contribution in [2.45, 2.75) is 65.8 Å². The van der Waals surface area contributed by atoms with Gasteiger partial charge in [0.1, 0.15) is 5.82 Å². The number of nitrogens with zero attached hydrogens (tertiary/aromatic N) is 3. The molecule has 4 aromatic rings. The van der Waals surface area contributed by atoms with Crippen LogP contribution in [0, 0.1) is 5.82 Å². The van der Waals surface area contributed by atoms with E-state index < -0.39 is 18.2 Å². The van der Waals surface area contributed by atoms with Gasteiger partial charge in [0.15, 0.2) is 11.6 Å². The fraction of sp³-hybridized carbons (Fsp3) is 0.344. The first-order valence-corrected chi connectivity index (χ1v) is 13.7. The van der Waals surface area contributed by atoms with Gasteiger partial charge in [-0.2, -0.15) is 8.78 Å². The molecule has 0 spiro atoms. The quantitative estimate of drug-likeness (QED) is 0.162. The zero-order valence-corrected chi connectivity index (χ0v) is 22.6. The first-order chi connectivity index (χ1) is 19.0. The second-order valence-electron chi connectivity index (χ2n) is 9.68. The van der Waals surface area contributed by atoms with Gasteiger partial charge in [0.05, 0.1) is 11.4 Å². The lowest BCUT2D eigenvalue weighted by Crippen LogP contribution is -2.26. The Balaban J connectivity index is 1.74. The summed E-state index contributed by atoms with van der Waals surface area (Å²) < 4.78 is 46.4. The monoisotopic (exact) mass is 535 g/mol. The van der Waals surface area contributed by atoms with Gasteiger partial charge < -0.3 is 9.30 Å². The molecule has 0 radical (unpaired) electrons. The Labute approximate surface area is 229 Å². The van der Waals surface area contributed by atoms with Crippen molar-refractivity contribution in [3.8, 4) is 28.4 Å². The summed E-state index contributed by atoms with van der Waals surface area (Å²) in [4.78, 5) is 7.47. The highest BCUT2D eigenvalue weighted by molar-refractivity contribution is 5.68. The van der Waals surface area contributed by atoms with Gasteiger partial charge >= 0.3 is 6.61 Å². The summed E-state index contributed by atoms with van der Waals surface area (Å²) in [5.41, 5.74) is 4.87. The van der Waals surface area contributed by atoms with Gasteiger partial charge in [0.25, 0.3) is 0 Å². The van der Waals surface area contributed by atoms with Crippen molar-refractivity contribution in [2.75, 3.05) is 6.54 Å². The van der Waals surface area contributed by atoms with Crippen molar-refractivity contribution in [2.24, 2.45) is 0 Å². The third kappa shape index (κ3) is 7.51. The third-order valence-corrected chi connectivity index (χ3v) is 6.71. The van der Waals surface area contributed by atoms with E-state index in [2.05, 4.69) is 52.3 Å². The number of unbranched alkanes of at least 4 members (excludes halogenated alkanes) is 2. The van der Waals surface area contributed by atoms with Crippen LogP contribution in [0.4, 0.5) is 13.2 Å². The molecule has 0 amide bonds. The number of rotatable bonds is 14. The maximum atomic E-state index is 14.5. The minimum atomic E-state index is -3.06. The number of alkyl halides is 2. The molecule has 39 heavy (non-hydrogen) atoms. The molecule has 0 unspecified atom stereocenters. The summed E-state index contributed by atoms with van der Waals surface area (Å²) in [6, 6.07) is 24.7. The number of imidazole rings is 1. The lowest BCUT2D eigenvalue weighted by atomic mass is 10.1. The van der Waals surface area contributed by atoms with Gasteiger partial charge in [0.2, 0.25) is 0 Å². The van der Waals surface area contributed by atoms with Crippen LogP contribution in [0.2, 0.25) is 0 Å². The highest BCUT2D eigenvalue weighted by Gasteiger charge is 2.22. The van der Waals surface area contributed by atoms with Gasteiger partial charge in [0, 0.05) is 30.8 Å². The third-order valence-electron chi connectivity index (χ3n) is 6.71. The van der Waals surface area contributed by atoms with Crippen LogP contribution in [0.1, 0.15) is 50.8 Å². The first kappa shape index (κ1) is 28.4. The normalized spacial score (nSPS) is 11.5. The second kappa shape index (κ2) is 14.0. The molecule has 0 bridgehead atoms. The molecule has 1 aromatic heterocycles. The molecule has 0 aliphatic heterocycles. The van der Waals surface area contributed by atoms with Crippen LogP contribution in [0.25, 0.3) is 22.6 Å². The van der Waals surface area contributed by atoms with Gasteiger partial charge in [-0.05, 0) is 37.1 Å². The zero-order chi connectivity index (χ0) is 27.6. The number of aromatic nitrogens is 2. The molecule has 0 fully saturated rings. The SMILES string of the molecule is CCCCN(Cc1ccc(OC(F)F)c(F)c1)Cc1c(-c2ccccc2)nc(-c2ccccc2)n1CCCC. The smallest absolute Gasteiger partial charge is 0.387 e. The molecule has 0 aliphatic rings. The van der Waals surface area contributed by atoms with E-state index in [1.165, 1.54) is 12.1 Å². The Morgan fingerprint density at radius 3 is 2.13 bits per heavy atom. The molecular formula is C32H36F3N3O. The van der Waals surface area contributed by atoms with Crippen LogP contribution in [0.5, 0.6) is 5.75 Å². The van der Waals surface area contributed by atoms with Gasteiger partial charge in [-0.25, -0.2) is 9.37 Å². The summed E-state index contributed by atoms with van der Waals surface area (Å²) in [5.74, 6) is -0.286. The summed E-state index contributed by atoms with van der Waals surface area (Å²) in [5, 5.41) is 0. The predicted octanol–water partition coefficient (Wildman–Crippen LogP) is 8.56. The van der Waals surface area contributed by atoms with E-state index in [4.69, 9.17) is 4.98 Å². The van der Waals surface area contributed by atoms with Crippen LogP contribution in [0.3, 0.4) is 0 Å². The number of hydrogen-bond acceptors (Lipinski definition) is 3. The lowest BCUT2D eigenvalue weighted by Gasteiger charge is -2.24. The van der Waals surface area contributed by atoms with Gasteiger partial charge in [-0.15, -0.1) is 0 Å². The summed E-state index contributed by atoms with van der Waals surface area (Å²) in [7, 11) is 0. The Bertz CT molecular complexity index is 1310. The number of halogens is 3. The Hall–Kier alpha value is -3.58. The van der Waals surface area contributed by atoms with E-state index in [9.17, 15) is 13.2 Å². The summed E-state index contributed by atoms with van der Waals surface area (Å²) >= 11 is 0. The van der Waals surface area contributed by atoms with Crippen molar-refractivity contribution in [1.82, 2.24) is 14.5 Å². The molecule has 0 saturated heterocycles.